The van der Waals surface area contributed by atoms with Gasteiger partial charge in [-0.25, -0.2) is 4.98 Å². The van der Waals surface area contributed by atoms with Crippen LogP contribution >= 0.6 is 0 Å². The first-order valence-electron chi connectivity index (χ1n) is 6.20. The number of carbonyl (C=O) groups is 1. The summed E-state index contributed by atoms with van der Waals surface area (Å²) >= 11 is 0. The van der Waals surface area contributed by atoms with Crippen LogP contribution in [0, 0.1) is 0 Å². The van der Waals surface area contributed by atoms with Gasteiger partial charge in [0.2, 0.25) is 5.88 Å². The third-order valence-electron chi connectivity index (χ3n) is 2.74. The van der Waals surface area contributed by atoms with Gasteiger partial charge in [0.25, 0.3) is 0 Å². The quantitative estimate of drug-likeness (QED) is 0.792. The minimum atomic E-state index is -4.49. The van der Waals surface area contributed by atoms with Crippen molar-refractivity contribution in [3.8, 4) is 5.88 Å². The lowest BCUT2D eigenvalue weighted by Gasteiger charge is -2.09. The summed E-state index contributed by atoms with van der Waals surface area (Å²) < 4.78 is 42.7. The fraction of sp³-hybridized carbons (Fsp3) is 0.200. The van der Waals surface area contributed by atoms with Crippen molar-refractivity contribution >= 4 is 6.29 Å². The summed E-state index contributed by atoms with van der Waals surface area (Å²) in [5, 5.41) is 0. The summed E-state index contributed by atoms with van der Waals surface area (Å²) in [7, 11) is 0. The van der Waals surface area contributed by atoms with Crippen molar-refractivity contribution in [2.45, 2.75) is 12.6 Å². The highest BCUT2D eigenvalue weighted by molar-refractivity contribution is 5.74. The number of halogens is 3. The molecule has 2 rings (SSSR count). The van der Waals surface area contributed by atoms with Gasteiger partial charge in [-0.2, -0.15) is 13.2 Å². The van der Waals surface area contributed by atoms with Gasteiger partial charge in [-0.05, 0) is 17.7 Å². The first-order valence-corrected chi connectivity index (χ1v) is 6.20. The highest BCUT2D eigenvalue weighted by Gasteiger charge is 2.32. The molecule has 0 spiro atoms. The van der Waals surface area contributed by atoms with Crippen LogP contribution in [0.2, 0.25) is 0 Å². The zero-order valence-electron chi connectivity index (χ0n) is 10.9. The Bertz CT molecular complexity index is 626. The van der Waals surface area contributed by atoms with Gasteiger partial charge < -0.3 is 4.74 Å². The molecule has 1 aromatic carbocycles. The molecule has 0 radical (unpaired) electrons. The zero-order chi connectivity index (χ0) is 15.3. The van der Waals surface area contributed by atoms with Gasteiger partial charge in [0.05, 0.1) is 6.61 Å². The highest BCUT2D eigenvalue weighted by atomic mass is 19.4. The molecule has 1 aromatic heterocycles. The number of pyridine rings is 1. The lowest BCUT2D eigenvalue weighted by molar-refractivity contribution is -0.141. The van der Waals surface area contributed by atoms with Gasteiger partial charge in [0, 0.05) is 18.1 Å². The molecule has 110 valence electrons. The van der Waals surface area contributed by atoms with Gasteiger partial charge in [0.1, 0.15) is 12.0 Å². The largest absolute Gasteiger partial charge is 0.477 e. The number of alkyl halides is 3. The highest BCUT2D eigenvalue weighted by Crippen LogP contribution is 2.28. The summed E-state index contributed by atoms with van der Waals surface area (Å²) in [6.45, 7) is 0.177. The van der Waals surface area contributed by atoms with Crippen molar-refractivity contribution in [3.05, 3.63) is 59.3 Å². The number of hydrogen-bond acceptors (Lipinski definition) is 3. The van der Waals surface area contributed by atoms with E-state index in [4.69, 9.17) is 4.74 Å². The van der Waals surface area contributed by atoms with Crippen molar-refractivity contribution in [1.82, 2.24) is 4.98 Å². The molecule has 0 atom stereocenters. The lowest BCUT2D eigenvalue weighted by atomic mass is 10.1. The second-order valence-electron chi connectivity index (χ2n) is 4.32. The molecule has 0 amide bonds. The van der Waals surface area contributed by atoms with Crippen LogP contribution in [0.1, 0.15) is 21.6 Å². The Hall–Kier alpha value is -2.37. The third-order valence-corrected chi connectivity index (χ3v) is 2.74. The van der Waals surface area contributed by atoms with E-state index in [1.807, 2.05) is 6.07 Å². The number of rotatable bonds is 5. The monoisotopic (exact) mass is 295 g/mol. The summed E-state index contributed by atoms with van der Waals surface area (Å²) in [6, 6.07) is 10.4. The first kappa shape index (κ1) is 15.0. The standard InChI is InChI=1S/C15H12F3NO2/c16-15(17,18)13-5-2-6-14(19-13)21-8-7-11-3-1-4-12(9-11)10-20/h1-6,9-10H,7-8H2. The molecule has 3 nitrogen and oxygen atoms in total. The first-order chi connectivity index (χ1) is 9.99. The fourth-order valence-electron chi connectivity index (χ4n) is 1.75. The van der Waals surface area contributed by atoms with Crippen LogP contribution in [0.15, 0.2) is 42.5 Å². The molecular formula is C15H12F3NO2. The van der Waals surface area contributed by atoms with Gasteiger partial charge in [-0.1, -0.05) is 24.3 Å². The van der Waals surface area contributed by atoms with E-state index < -0.39 is 11.9 Å². The van der Waals surface area contributed by atoms with Gasteiger partial charge in [0.15, 0.2) is 0 Å². The molecule has 6 heteroatoms. The number of aldehydes is 1. The van der Waals surface area contributed by atoms with Crippen LogP contribution in [0.4, 0.5) is 13.2 Å². The Balaban J connectivity index is 1.95. The Morgan fingerprint density at radius 2 is 1.90 bits per heavy atom. The van der Waals surface area contributed by atoms with Crippen molar-refractivity contribution in [2.75, 3.05) is 6.61 Å². The van der Waals surface area contributed by atoms with E-state index >= 15 is 0 Å². The Morgan fingerprint density at radius 3 is 2.62 bits per heavy atom. The van der Waals surface area contributed by atoms with Crippen molar-refractivity contribution < 1.29 is 22.7 Å². The van der Waals surface area contributed by atoms with Gasteiger partial charge in [-0.3, -0.25) is 4.79 Å². The number of hydrogen-bond donors (Lipinski definition) is 0. The minimum Gasteiger partial charge on any atom is -0.477 e. The lowest BCUT2D eigenvalue weighted by Crippen LogP contribution is -2.09. The predicted octanol–water partition coefficient (Wildman–Crippen LogP) is 3.53. The predicted molar refractivity (Wildman–Crippen MR) is 70.3 cm³/mol. The smallest absolute Gasteiger partial charge is 0.433 e. The van der Waals surface area contributed by atoms with E-state index in [-0.39, 0.29) is 12.5 Å². The SMILES string of the molecule is O=Cc1cccc(CCOc2cccc(C(F)(F)F)n2)c1. The van der Waals surface area contributed by atoms with E-state index in [9.17, 15) is 18.0 Å². The van der Waals surface area contributed by atoms with E-state index in [2.05, 4.69) is 4.98 Å². The number of aromatic nitrogens is 1. The molecule has 0 fully saturated rings. The average Bonchev–Trinajstić information content (AvgIpc) is 2.47. The Morgan fingerprint density at radius 1 is 1.14 bits per heavy atom. The van der Waals surface area contributed by atoms with Crippen molar-refractivity contribution in [2.24, 2.45) is 0 Å². The molecule has 21 heavy (non-hydrogen) atoms. The normalized spacial score (nSPS) is 11.2. The molecule has 1 heterocycles. The minimum absolute atomic E-state index is 0.0728. The summed E-state index contributed by atoms with van der Waals surface area (Å²) in [6.07, 6.45) is -3.28. The molecule has 0 saturated carbocycles. The topological polar surface area (TPSA) is 39.2 Å². The maximum atomic E-state index is 12.5. The Kier molecular flexibility index (Phi) is 4.57. The van der Waals surface area contributed by atoms with E-state index in [1.165, 1.54) is 12.1 Å². The fourth-order valence-corrected chi connectivity index (χ4v) is 1.75. The number of nitrogens with zero attached hydrogens (tertiary/aromatic N) is 1. The molecule has 0 saturated heterocycles. The summed E-state index contributed by atoms with van der Waals surface area (Å²) in [5.74, 6) is -0.0728. The molecule has 0 aliphatic rings. The van der Waals surface area contributed by atoms with Gasteiger partial charge >= 0.3 is 6.18 Å². The van der Waals surface area contributed by atoms with Crippen LogP contribution in [0.5, 0.6) is 5.88 Å². The number of ether oxygens (including phenoxy) is 1. The molecule has 0 N–H and O–H groups in total. The Labute approximate surface area is 119 Å². The molecular weight excluding hydrogens is 283 g/mol. The molecule has 0 unspecified atom stereocenters. The summed E-state index contributed by atoms with van der Waals surface area (Å²) in [4.78, 5) is 14.0. The van der Waals surface area contributed by atoms with Gasteiger partial charge in [-0.15, -0.1) is 0 Å². The van der Waals surface area contributed by atoms with Crippen LogP contribution in [0.3, 0.4) is 0 Å². The second kappa shape index (κ2) is 6.39. The molecule has 0 aliphatic heterocycles. The van der Waals surface area contributed by atoms with Crippen LogP contribution in [0.25, 0.3) is 0 Å². The van der Waals surface area contributed by atoms with Crippen molar-refractivity contribution in [3.63, 3.8) is 0 Å². The van der Waals surface area contributed by atoms with Crippen LogP contribution in [-0.4, -0.2) is 17.9 Å². The maximum Gasteiger partial charge on any atom is 0.433 e. The molecule has 0 aliphatic carbocycles. The van der Waals surface area contributed by atoms with E-state index in [1.54, 1.807) is 18.2 Å². The summed E-state index contributed by atoms with van der Waals surface area (Å²) in [5.41, 5.74) is 0.430. The van der Waals surface area contributed by atoms with E-state index in [0.29, 0.717) is 12.0 Å². The number of benzene rings is 1. The second-order valence-corrected chi connectivity index (χ2v) is 4.32. The van der Waals surface area contributed by atoms with Crippen LogP contribution < -0.4 is 4.74 Å². The number of carbonyl (C=O) groups excluding carboxylic acids is 1. The van der Waals surface area contributed by atoms with Crippen molar-refractivity contribution in [1.29, 1.82) is 0 Å². The zero-order valence-corrected chi connectivity index (χ0v) is 10.9. The van der Waals surface area contributed by atoms with Crippen LogP contribution in [-0.2, 0) is 12.6 Å². The maximum absolute atomic E-state index is 12.5. The molecule has 0 bridgehead atoms. The van der Waals surface area contributed by atoms with E-state index in [0.717, 1.165) is 17.9 Å². The third kappa shape index (κ3) is 4.30. The average molecular weight is 295 g/mol. The molecule has 2 aromatic rings.